The Balaban J connectivity index is 2.33. The normalized spacial score (nSPS) is 10.9. The van der Waals surface area contributed by atoms with Gasteiger partial charge in [-0.05, 0) is 69.4 Å². The Bertz CT molecular complexity index is 691. The van der Waals surface area contributed by atoms with Gasteiger partial charge in [-0.15, -0.1) is 5.10 Å². The van der Waals surface area contributed by atoms with Gasteiger partial charge in [0.15, 0.2) is 0 Å². The highest BCUT2D eigenvalue weighted by molar-refractivity contribution is 14.1. The quantitative estimate of drug-likeness (QED) is 0.534. The van der Waals surface area contributed by atoms with E-state index in [1.807, 2.05) is 35.0 Å². The smallest absolute Gasteiger partial charge is 0.126 e. The van der Waals surface area contributed by atoms with E-state index in [0.29, 0.717) is 0 Å². The molecular weight excluding hydrogens is 440 g/mol. The van der Waals surface area contributed by atoms with Crippen molar-refractivity contribution in [3.8, 4) is 5.69 Å². The highest BCUT2D eigenvalue weighted by Crippen LogP contribution is 2.23. The predicted octanol–water partition coefficient (Wildman–Crippen LogP) is 3.63. The Kier molecular flexibility index (Phi) is 3.03. The lowest BCUT2D eigenvalue weighted by molar-refractivity contribution is 0.820. The van der Waals surface area contributed by atoms with Crippen molar-refractivity contribution in [2.75, 3.05) is 0 Å². The van der Waals surface area contributed by atoms with Gasteiger partial charge in [0.2, 0.25) is 0 Å². The Morgan fingerprint density at radius 1 is 0.882 bits per heavy atom. The molecule has 17 heavy (non-hydrogen) atoms. The molecule has 3 rings (SSSR count). The lowest BCUT2D eigenvalue weighted by Gasteiger charge is -2.04. The van der Waals surface area contributed by atoms with Gasteiger partial charge in [-0.3, -0.25) is 0 Å². The highest BCUT2D eigenvalue weighted by Gasteiger charge is 2.10. The SMILES string of the molecule is Ic1ccccc1-n1nnc2c(I)cccc21. The molecule has 0 fully saturated rings. The summed E-state index contributed by atoms with van der Waals surface area (Å²) in [6.45, 7) is 0. The third-order valence-electron chi connectivity index (χ3n) is 2.51. The van der Waals surface area contributed by atoms with Gasteiger partial charge in [-0.2, -0.15) is 0 Å². The van der Waals surface area contributed by atoms with Crippen LogP contribution in [-0.2, 0) is 0 Å². The maximum Gasteiger partial charge on any atom is 0.126 e. The van der Waals surface area contributed by atoms with E-state index in [2.05, 4.69) is 67.6 Å². The zero-order valence-corrected chi connectivity index (χ0v) is 13.0. The maximum absolute atomic E-state index is 4.24. The van der Waals surface area contributed by atoms with Crippen LogP contribution in [0.1, 0.15) is 0 Å². The van der Waals surface area contributed by atoms with Gasteiger partial charge in [0.05, 0.1) is 11.2 Å². The van der Waals surface area contributed by atoms with Gasteiger partial charge in [-0.1, -0.05) is 23.4 Å². The Labute approximate surface area is 125 Å². The Morgan fingerprint density at radius 2 is 1.65 bits per heavy atom. The average molecular weight is 447 g/mol. The van der Waals surface area contributed by atoms with Crippen LogP contribution in [0.2, 0.25) is 0 Å². The third-order valence-corrected chi connectivity index (χ3v) is 4.29. The summed E-state index contributed by atoms with van der Waals surface area (Å²) >= 11 is 4.59. The van der Waals surface area contributed by atoms with Crippen molar-refractivity contribution in [1.29, 1.82) is 0 Å². The number of benzene rings is 2. The summed E-state index contributed by atoms with van der Waals surface area (Å²) in [5.74, 6) is 0. The van der Waals surface area contributed by atoms with Crippen molar-refractivity contribution in [1.82, 2.24) is 15.0 Å². The zero-order chi connectivity index (χ0) is 11.8. The van der Waals surface area contributed by atoms with E-state index in [9.17, 15) is 0 Å². The summed E-state index contributed by atoms with van der Waals surface area (Å²) in [6, 6.07) is 14.3. The molecule has 0 aliphatic heterocycles. The van der Waals surface area contributed by atoms with E-state index in [1.165, 1.54) is 0 Å². The van der Waals surface area contributed by atoms with Crippen LogP contribution in [0.25, 0.3) is 16.7 Å². The van der Waals surface area contributed by atoms with Gasteiger partial charge in [0.25, 0.3) is 0 Å². The number of aromatic nitrogens is 3. The van der Waals surface area contributed by atoms with Crippen molar-refractivity contribution in [3.63, 3.8) is 0 Å². The van der Waals surface area contributed by atoms with E-state index < -0.39 is 0 Å². The minimum absolute atomic E-state index is 0.952. The van der Waals surface area contributed by atoms with Crippen molar-refractivity contribution < 1.29 is 0 Å². The van der Waals surface area contributed by atoms with Crippen LogP contribution in [0.5, 0.6) is 0 Å². The molecule has 84 valence electrons. The topological polar surface area (TPSA) is 30.7 Å². The van der Waals surface area contributed by atoms with Gasteiger partial charge >= 0.3 is 0 Å². The van der Waals surface area contributed by atoms with E-state index in [-0.39, 0.29) is 0 Å². The van der Waals surface area contributed by atoms with Gasteiger partial charge < -0.3 is 0 Å². The van der Waals surface area contributed by atoms with E-state index in [4.69, 9.17) is 0 Å². The van der Waals surface area contributed by atoms with Crippen molar-refractivity contribution in [2.24, 2.45) is 0 Å². The van der Waals surface area contributed by atoms with Crippen molar-refractivity contribution >= 4 is 56.2 Å². The van der Waals surface area contributed by atoms with Crippen LogP contribution < -0.4 is 0 Å². The summed E-state index contributed by atoms with van der Waals surface area (Å²) in [4.78, 5) is 0. The summed E-state index contributed by atoms with van der Waals surface area (Å²) < 4.78 is 4.17. The van der Waals surface area contributed by atoms with E-state index in [1.54, 1.807) is 0 Å². The summed E-state index contributed by atoms with van der Waals surface area (Å²) in [6.07, 6.45) is 0. The molecule has 1 aromatic heterocycles. The minimum atomic E-state index is 0.952. The molecule has 5 heteroatoms. The Morgan fingerprint density at radius 3 is 2.47 bits per heavy atom. The van der Waals surface area contributed by atoms with E-state index in [0.717, 1.165) is 23.9 Å². The molecule has 2 aromatic carbocycles. The maximum atomic E-state index is 4.24. The summed E-state index contributed by atoms with van der Waals surface area (Å²) in [7, 11) is 0. The van der Waals surface area contributed by atoms with E-state index >= 15 is 0 Å². The molecule has 3 aromatic rings. The fourth-order valence-corrected chi connectivity index (χ4v) is 2.92. The molecule has 0 saturated heterocycles. The Hall–Kier alpha value is -0.700. The lowest BCUT2D eigenvalue weighted by atomic mass is 10.3. The van der Waals surface area contributed by atoms with Gasteiger partial charge in [0.1, 0.15) is 5.52 Å². The number of hydrogen-bond acceptors (Lipinski definition) is 2. The molecule has 0 atom stereocenters. The molecule has 3 nitrogen and oxygen atoms in total. The first kappa shape index (κ1) is 11.4. The molecule has 0 aliphatic rings. The minimum Gasteiger partial charge on any atom is -0.212 e. The molecule has 0 aliphatic carbocycles. The van der Waals surface area contributed by atoms with Crippen LogP contribution in [-0.4, -0.2) is 15.0 Å². The largest absolute Gasteiger partial charge is 0.212 e. The van der Waals surface area contributed by atoms with Crippen LogP contribution in [0.3, 0.4) is 0 Å². The lowest BCUT2D eigenvalue weighted by Crippen LogP contribution is -1.98. The standard InChI is InChI=1S/C12H7I2N3/c13-8-4-1-2-6-10(8)17-11-7-3-5-9(14)12(11)15-16-17/h1-7H. The van der Waals surface area contributed by atoms with Crippen LogP contribution in [0, 0.1) is 7.14 Å². The van der Waals surface area contributed by atoms with Gasteiger partial charge in [0, 0.05) is 7.14 Å². The second-order valence-corrected chi connectivity index (χ2v) is 5.88. The number of fused-ring (bicyclic) bond motifs is 1. The molecule has 0 radical (unpaired) electrons. The first-order chi connectivity index (χ1) is 8.27. The molecule has 0 spiro atoms. The molecule has 0 unspecified atom stereocenters. The fraction of sp³-hybridized carbons (Fsp3) is 0. The number of halogens is 2. The third kappa shape index (κ3) is 1.95. The molecule has 0 amide bonds. The van der Waals surface area contributed by atoms with Crippen molar-refractivity contribution in [2.45, 2.75) is 0 Å². The van der Waals surface area contributed by atoms with Crippen LogP contribution >= 0.6 is 45.2 Å². The van der Waals surface area contributed by atoms with Crippen LogP contribution in [0.15, 0.2) is 42.5 Å². The average Bonchev–Trinajstić information content (AvgIpc) is 2.75. The number of rotatable bonds is 1. The summed E-state index contributed by atoms with van der Waals surface area (Å²) in [5.41, 5.74) is 3.06. The monoisotopic (exact) mass is 447 g/mol. The molecule has 1 heterocycles. The molecule has 0 saturated carbocycles. The first-order valence-corrected chi connectivity index (χ1v) is 7.18. The number of para-hydroxylation sites is 1. The highest BCUT2D eigenvalue weighted by atomic mass is 127. The van der Waals surface area contributed by atoms with Crippen molar-refractivity contribution in [3.05, 3.63) is 49.6 Å². The second-order valence-electron chi connectivity index (χ2n) is 3.56. The molecular formula is C12H7I2N3. The van der Waals surface area contributed by atoms with Gasteiger partial charge in [-0.25, -0.2) is 4.68 Å². The number of nitrogens with zero attached hydrogens (tertiary/aromatic N) is 3. The second kappa shape index (κ2) is 4.52. The van der Waals surface area contributed by atoms with Crippen LogP contribution in [0.4, 0.5) is 0 Å². The number of hydrogen-bond donors (Lipinski definition) is 0. The predicted molar refractivity (Wildman–Crippen MR) is 84.3 cm³/mol. The molecule has 0 bridgehead atoms. The summed E-state index contributed by atoms with van der Waals surface area (Å²) in [5, 5.41) is 8.48. The first-order valence-electron chi connectivity index (χ1n) is 5.02. The zero-order valence-electron chi connectivity index (χ0n) is 8.64. The fourth-order valence-electron chi connectivity index (χ4n) is 1.71. The molecule has 0 N–H and O–H groups in total.